The highest BCUT2D eigenvalue weighted by atomic mass is 79.9. The lowest BCUT2D eigenvalue weighted by molar-refractivity contribution is 0.303. The zero-order chi connectivity index (χ0) is 13.2. The molecule has 1 nitrogen and oxygen atoms in total. The lowest BCUT2D eigenvalue weighted by Crippen LogP contribution is -2.20. The molecule has 0 bridgehead atoms. The molecule has 0 radical (unpaired) electrons. The van der Waals surface area contributed by atoms with Crippen LogP contribution in [0.5, 0.6) is 5.75 Å². The number of halogens is 1. The van der Waals surface area contributed by atoms with Gasteiger partial charge in [-0.1, -0.05) is 48.8 Å². The van der Waals surface area contributed by atoms with E-state index in [1.807, 2.05) is 0 Å². The third-order valence-corrected chi connectivity index (χ3v) is 5.21. The van der Waals surface area contributed by atoms with Crippen molar-refractivity contribution in [1.29, 1.82) is 0 Å². The Balaban J connectivity index is 1.82. The summed E-state index contributed by atoms with van der Waals surface area (Å²) in [4.78, 5) is 0.562. The van der Waals surface area contributed by atoms with Gasteiger partial charge in [-0.3, -0.25) is 0 Å². The summed E-state index contributed by atoms with van der Waals surface area (Å²) in [6.07, 6.45) is 5.23. The molecule has 0 saturated heterocycles. The van der Waals surface area contributed by atoms with Crippen molar-refractivity contribution in [2.75, 3.05) is 0 Å². The van der Waals surface area contributed by atoms with Crippen molar-refractivity contribution in [3.63, 3.8) is 0 Å². The fourth-order valence-corrected chi connectivity index (χ4v) is 2.07. The van der Waals surface area contributed by atoms with E-state index in [4.69, 9.17) is 4.74 Å². The maximum absolute atomic E-state index is 5.75. The minimum absolute atomic E-state index is 0.328. The highest BCUT2D eigenvalue weighted by Gasteiger charge is 2.23. The zero-order valence-electron chi connectivity index (χ0n) is 11.6. The molecule has 2 heteroatoms. The Kier molecular flexibility index (Phi) is 4.37. The van der Waals surface area contributed by atoms with Crippen LogP contribution in [0.3, 0.4) is 0 Å². The fraction of sp³-hybridized carbons (Fsp3) is 0.625. The number of alkyl halides is 1. The SMILES string of the molecule is CC(C)(C)C(Br)CCc1ccc(OC2CC2)cc1. The van der Waals surface area contributed by atoms with Crippen LogP contribution >= 0.6 is 15.9 Å². The van der Waals surface area contributed by atoms with E-state index in [-0.39, 0.29) is 0 Å². The van der Waals surface area contributed by atoms with Gasteiger partial charge >= 0.3 is 0 Å². The molecule has 1 atom stereocenters. The van der Waals surface area contributed by atoms with Gasteiger partial charge in [-0.05, 0) is 48.8 Å². The van der Waals surface area contributed by atoms with Crippen LogP contribution in [0.4, 0.5) is 0 Å². The molecule has 0 N–H and O–H groups in total. The van der Waals surface area contributed by atoms with Crippen molar-refractivity contribution in [3.05, 3.63) is 29.8 Å². The largest absolute Gasteiger partial charge is 0.490 e. The van der Waals surface area contributed by atoms with Gasteiger partial charge in [0.2, 0.25) is 0 Å². The maximum Gasteiger partial charge on any atom is 0.119 e. The molecule has 0 amide bonds. The van der Waals surface area contributed by atoms with E-state index < -0.39 is 0 Å². The van der Waals surface area contributed by atoms with Gasteiger partial charge in [-0.2, -0.15) is 0 Å². The second-order valence-electron chi connectivity index (χ2n) is 6.33. The third kappa shape index (κ3) is 4.31. The number of benzene rings is 1. The van der Waals surface area contributed by atoms with Crippen molar-refractivity contribution < 1.29 is 4.74 Å². The molecule has 1 fully saturated rings. The Labute approximate surface area is 119 Å². The summed E-state index contributed by atoms with van der Waals surface area (Å²) >= 11 is 3.79. The van der Waals surface area contributed by atoms with Gasteiger partial charge in [-0.25, -0.2) is 0 Å². The first kappa shape index (κ1) is 13.9. The first-order valence-corrected chi connectivity index (χ1v) is 7.76. The Morgan fingerprint density at radius 3 is 2.33 bits per heavy atom. The number of hydrogen-bond donors (Lipinski definition) is 0. The van der Waals surface area contributed by atoms with Gasteiger partial charge in [0, 0.05) is 4.83 Å². The molecule has 18 heavy (non-hydrogen) atoms. The minimum atomic E-state index is 0.328. The normalized spacial score (nSPS) is 17.6. The summed E-state index contributed by atoms with van der Waals surface area (Å²) in [5, 5.41) is 0. The standard InChI is InChI=1S/C16H23BrO/c1-16(2,3)15(17)11-6-12-4-7-13(8-5-12)18-14-9-10-14/h4-5,7-8,14-15H,6,9-11H2,1-3H3. The van der Waals surface area contributed by atoms with E-state index in [2.05, 4.69) is 61.0 Å². The van der Waals surface area contributed by atoms with Crippen molar-refractivity contribution in [3.8, 4) is 5.75 Å². The molecule has 1 aliphatic carbocycles. The zero-order valence-corrected chi connectivity index (χ0v) is 13.2. The molecule has 1 saturated carbocycles. The Morgan fingerprint density at radius 2 is 1.83 bits per heavy atom. The van der Waals surface area contributed by atoms with Crippen molar-refractivity contribution in [2.24, 2.45) is 5.41 Å². The van der Waals surface area contributed by atoms with Crippen LogP contribution in [0.1, 0.15) is 45.6 Å². The number of ether oxygens (including phenoxy) is 1. The first-order valence-electron chi connectivity index (χ1n) is 6.85. The lowest BCUT2D eigenvalue weighted by atomic mass is 9.89. The van der Waals surface area contributed by atoms with Crippen LogP contribution in [0, 0.1) is 5.41 Å². The molecule has 0 aliphatic heterocycles. The molecule has 0 spiro atoms. The summed E-state index contributed by atoms with van der Waals surface area (Å²) < 4.78 is 5.75. The molecule has 1 aromatic rings. The highest BCUT2D eigenvalue weighted by Crippen LogP contribution is 2.30. The van der Waals surface area contributed by atoms with Gasteiger partial charge in [0.25, 0.3) is 0 Å². The molecule has 2 rings (SSSR count). The van der Waals surface area contributed by atoms with E-state index in [9.17, 15) is 0 Å². The Morgan fingerprint density at radius 1 is 1.22 bits per heavy atom. The van der Waals surface area contributed by atoms with Gasteiger partial charge in [0.05, 0.1) is 6.10 Å². The lowest BCUT2D eigenvalue weighted by Gasteiger charge is -2.25. The molecule has 100 valence electrons. The number of hydrogen-bond acceptors (Lipinski definition) is 1. The van der Waals surface area contributed by atoms with Crippen LogP contribution in [-0.2, 0) is 6.42 Å². The summed E-state index contributed by atoms with van der Waals surface area (Å²) in [7, 11) is 0. The summed E-state index contributed by atoms with van der Waals surface area (Å²) in [5.41, 5.74) is 1.72. The maximum atomic E-state index is 5.75. The molecular formula is C16H23BrO. The van der Waals surface area contributed by atoms with E-state index in [1.54, 1.807) is 0 Å². The second kappa shape index (κ2) is 5.64. The van der Waals surface area contributed by atoms with Crippen LogP contribution < -0.4 is 4.74 Å². The van der Waals surface area contributed by atoms with Crippen molar-refractivity contribution >= 4 is 15.9 Å². The van der Waals surface area contributed by atoms with Gasteiger partial charge in [0.15, 0.2) is 0 Å². The molecule has 1 aliphatic rings. The van der Waals surface area contributed by atoms with E-state index >= 15 is 0 Å². The van der Waals surface area contributed by atoms with Crippen LogP contribution in [0.2, 0.25) is 0 Å². The van der Waals surface area contributed by atoms with Crippen molar-refractivity contribution in [1.82, 2.24) is 0 Å². The molecule has 0 heterocycles. The monoisotopic (exact) mass is 310 g/mol. The first-order chi connectivity index (χ1) is 8.45. The second-order valence-corrected chi connectivity index (χ2v) is 7.44. The quantitative estimate of drug-likeness (QED) is 0.698. The van der Waals surface area contributed by atoms with Crippen LogP contribution in [0.15, 0.2) is 24.3 Å². The Bertz CT molecular complexity index is 373. The highest BCUT2D eigenvalue weighted by molar-refractivity contribution is 9.09. The van der Waals surface area contributed by atoms with Gasteiger partial charge in [-0.15, -0.1) is 0 Å². The smallest absolute Gasteiger partial charge is 0.119 e. The number of aryl methyl sites for hydroxylation is 1. The Hall–Kier alpha value is -0.500. The predicted molar refractivity (Wildman–Crippen MR) is 80.6 cm³/mol. The number of rotatable bonds is 5. The predicted octanol–water partition coefficient (Wildman–Crippen LogP) is 4.97. The summed E-state index contributed by atoms with van der Waals surface area (Å²) in [6, 6.07) is 8.60. The van der Waals surface area contributed by atoms with Gasteiger partial charge < -0.3 is 4.74 Å². The van der Waals surface area contributed by atoms with Crippen molar-refractivity contribution in [2.45, 2.75) is 57.4 Å². The third-order valence-electron chi connectivity index (χ3n) is 3.38. The van der Waals surface area contributed by atoms with E-state index in [0.717, 1.165) is 12.2 Å². The molecule has 0 aromatic heterocycles. The topological polar surface area (TPSA) is 9.23 Å². The minimum Gasteiger partial charge on any atom is -0.490 e. The van der Waals surface area contributed by atoms with E-state index in [1.165, 1.54) is 24.8 Å². The van der Waals surface area contributed by atoms with Crippen LogP contribution in [-0.4, -0.2) is 10.9 Å². The van der Waals surface area contributed by atoms with Gasteiger partial charge in [0.1, 0.15) is 5.75 Å². The molecule has 1 aromatic carbocycles. The fourth-order valence-electron chi connectivity index (χ4n) is 1.84. The summed E-state index contributed by atoms with van der Waals surface area (Å²) in [6.45, 7) is 6.83. The summed E-state index contributed by atoms with van der Waals surface area (Å²) in [5.74, 6) is 1.02. The average molecular weight is 311 g/mol. The average Bonchev–Trinajstić information content (AvgIpc) is 3.10. The molecular weight excluding hydrogens is 288 g/mol. The molecule has 1 unspecified atom stereocenters. The van der Waals surface area contributed by atoms with Crippen LogP contribution in [0.25, 0.3) is 0 Å². The van der Waals surface area contributed by atoms with E-state index in [0.29, 0.717) is 16.3 Å².